The molecule has 2 aromatic rings. The Morgan fingerprint density at radius 2 is 1.66 bits per heavy atom. The minimum Gasteiger partial charge on any atom is -0.497 e. The van der Waals surface area contributed by atoms with Gasteiger partial charge >= 0.3 is 12.0 Å². The first kappa shape index (κ1) is 22.9. The second-order valence-corrected chi connectivity index (χ2v) is 7.16. The third-order valence-electron chi connectivity index (χ3n) is 5.16. The lowest BCUT2D eigenvalue weighted by Gasteiger charge is -2.34. The van der Waals surface area contributed by atoms with E-state index in [2.05, 4.69) is 5.32 Å². The molecule has 1 N–H and O–H groups in total. The van der Waals surface area contributed by atoms with Gasteiger partial charge in [-0.05, 0) is 55.8 Å². The molecule has 0 fully saturated rings. The van der Waals surface area contributed by atoms with Gasteiger partial charge in [0.15, 0.2) is 5.78 Å². The first-order chi connectivity index (χ1) is 15.3. The van der Waals surface area contributed by atoms with Gasteiger partial charge in [-0.1, -0.05) is 12.1 Å². The number of carbonyl (C=O) groups excluding carboxylic acids is 3. The molecule has 1 aliphatic rings. The highest BCUT2D eigenvalue weighted by Gasteiger charge is 2.37. The molecule has 0 saturated carbocycles. The van der Waals surface area contributed by atoms with E-state index < -0.39 is 12.0 Å². The first-order valence-corrected chi connectivity index (χ1v) is 10.2. The summed E-state index contributed by atoms with van der Waals surface area (Å²) in [7, 11) is 3.13. The number of carbonyl (C=O) groups is 3. The number of esters is 1. The summed E-state index contributed by atoms with van der Waals surface area (Å²) in [6.45, 7) is 3.36. The zero-order valence-electron chi connectivity index (χ0n) is 18.5. The van der Waals surface area contributed by atoms with Crippen molar-refractivity contribution >= 4 is 17.8 Å². The molecule has 2 amide bonds. The van der Waals surface area contributed by atoms with Crippen molar-refractivity contribution in [1.82, 2.24) is 10.2 Å². The molecule has 0 aromatic heterocycles. The third-order valence-corrected chi connectivity index (χ3v) is 5.16. The molecule has 32 heavy (non-hydrogen) atoms. The highest BCUT2D eigenvalue weighted by Crippen LogP contribution is 2.32. The maximum Gasteiger partial charge on any atom is 0.338 e. The van der Waals surface area contributed by atoms with Crippen LogP contribution in [0.15, 0.2) is 59.8 Å². The lowest BCUT2D eigenvalue weighted by molar-refractivity contribution is -0.139. The zero-order valence-corrected chi connectivity index (χ0v) is 18.5. The Hall–Kier alpha value is -3.81. The molecular weight excluding hydrogens is 412 g/mol. The SMILES string of the molecule is CCOC(=O)C1=C(COc2ccc(C(C)=O)cc2)N(C)C(=O)N[C@@H]1c1ccc(OC)cc1. The van der Waals surface area contributed by atoms with E-state index in [1.54, 1.807) is 69.6 Å². The number of ketones is 1. The quantitative estimate of drug-likeness (QED) is 0.501. The van der Waals surface area contributed by atoms with Gasteiger partial charge in [-0.15, -0.1) is 0 Å². The second kappa shape index (κ2) is 10.00. The Morgan fingerprint density at radius 3 is 2.22 bits per heavy atom. The summed E-state index contributed by atoms with van der Waals surface area (Å²) >= 11 is 0. The highest BCUT2D eigenvalue weighted by atomic mass is 16.5. The van der Waals surface area contributed by atoms with Crippen LogP contribution in [0.2, 0.25) is 0 Å². The van der Waals surface area contributed by atoms with Crippen molar-refractivity contribution < 1.29 is 28.6 Å². The number of hydrogen-bond acceptors (Lipinski definition) is 6. The molecule has 8 nitrogen and oxygen atoms in total. The van der Waals surface area contributed by atoms with E-state index in [1.807, 2.05) is 0 Å². The number of rotatable bonds is 8. The zero-order chi connectivity index (χ0) is 23.3. The maximum absolute atomic E-state index is 12.9. The summed E-state index contributed by atoms with van der Waals surface area (Å²) in [4.78, 5) is 38.4. The summed E-state index contributed by atoms with van der Waals surface area (Å²) in [6, 6.07) is 12.7. The smallest absolute Gasteiger partial charge is 0.338 e. The van der Waals surface area contributed by atoms with Crippen LogP contribution >= 0.6 is 0 Å². The number of urea groups is 1. The number of hydrogen-bond donors (Lipinski definition) is 1. The van der Waals surface area contributed by atoms with E-state index in [0.29, 0.717) is 33.9 Å². The van der Waals surface area contributed by atoms with Crippen molar-refractivity contribution in [2.45, 2.75) is 19.9 Å². The van der Waals surface area contributed by atoms with Crippen molar-refractivity contribution in [1.29, 1.82) is 0 Å². The van der Waals surface area contributed by atoms with Crippen LogP contribution in [0, 0.1) is 0 Å². The predicted molar refractivity (Wildman–Crippen MR) is 118 cm³/mol. The number of ether oxygens (including phenoxy) is 3. The molecule has 1 heterocycles. The number of Topliss-reactive ketones (excluding diaryl/α,β-unsaturated/α-hetero) is 1. The molecule has 1 atom stereocenters. The lowest BCUT2D eigenvalue weighted by atomic mass is 9.94. The van der Waals surface area contributed by atoms with E-state index >= 15 is 0 Å². The predicted octanol–water partition coefficient (Wildman–Crippen LogP) is 3.49. The van der Waals surface area contributed by atoms with E-state index in [1.165, 1.54) is 11.8 Å². The normalized spacial score (nSPS) is 15.8. The van der Waals surface area contributed by atoms with Crippen LogP contribution in [0.3, 0.4) is 0 Å². The highest BCUT2D eigenvalue weighted by molar-refractivity contribution is 5.95. The molecule has 168 valence electrons. The van der Waals surface area contributed by atoms with Gasteiger partial charge in [-0.2, -0.15) is 0 Å². The van der Waals surface area contributed by atoms with Gasteiger partial charge in [-0.3, -0.25) is 9.69 Å². The number of nitrogens with one attached hydrogen (secondary N) is 1. The van der Waals surface area contributed by atoms with E-state index in [9.17, 15) is 14.4 Å². The molecule has 3 rings (SSSR count). The van der Waals surface area contributed by atoms with Crippen molar-refractivity contribution in [3.8, 4) is 11.5 Å². The minimum absolute atomic E-state index is 0.0376. The molecule has 8 heteroatoms. The van der Waals surface area contributed by atoms with Crippen LogP contribution in [-0.2, 0) is 9.53 Å². The summed E-state index contributed by atoms with van der Waals surface area (Å²) < 4.78 is 16.4. The fraction of sp³-hybridized carbons (Fsp3) is 0.292. The largest absolute Gasteiger partial charge is 0.497 e. The van der Waals surface area contributed by atoms with Gasteiger partial charge in [0.1, 0.15) is 18.1 Å². The van der Waals surface area contributed by atoms with Gasteiger partial charge in [0.05, 0.1) is 31.0 Å². The number of likely N-dealkylation sites (N-methyl/N-ethyl adjacent to an activating group) is 1. The Bertz CT molecular complexity index is 1030. The summed E-state index contributed by atoms with van der Waals surface area (Å²) in [6.07, 6.45) is 0. The van der Waals surface area contributed by atoms with Gasteiger partial charge in [0.2, 0.25) is 0 Å². The standard InChI is InChI=1S/C24H26N2O6/c1-5-31-23(28)21-20(14-32-19-12-6-16(7-13-19)15(2)27)26(3)24(29)25-22(21)17-8-10-18(30-4)11-9-17/h6-13,22H,5,14H2,1-4H3,(H,25,29)/t22-/m1/s1. The van der Waals surface area contributed by atoms with E-state index in [4.69, 9.17) is 14.2 Å². The van der Waals surface area contributed by atoms with Crippen LogP contribution < -0.4 is 14.8 Å². The van der Waals surface area contributed by atoms with Crippen LogP contribution in [0.4, 0.5) is 4.79 Å². The number of benzene rings is 2. The number of nitrogens with zero attached hydrogens (tertiary/aromatic N) is 1. The molecule has 0 aliphatic carbocycles. The summed E-state index contributed by atoms with van der Waals surface area (Å²) in [5, 5.41) is 2.85. The average Bonchev–Trinajstić information content (AvgIpc) is 2.80. The number of methoxy groups -OCH3 is 1. The fourth-order valence-electron chi connectivity index (χ4n) is 3.37. The van der Waals surface area contributed by atoms with Crippen molar-refractivity contribution in [2.75, 3.05) is 27.4 Å². The van der Waals surface area contributed by atoms with Gasteiger partial charge in [-0.25, -0.2) is 9.59 Å². The number of amides is 2. The minimum atomic E-state index is -0.706. The Kier molecular flexibility index (Phi) is 7.14. The summed E-state index contributed by atoms with van der Waals surface area (Å²) in [5.74, 6) is 0.582. The molecule has 0 radical (unpaired) electrons. The second-order valence-electron chi connectivity index (χ2n) is 7.16. The topological polar surface area (TPSA) is 94.2 Å². The van der Waals surface area contributed by atoms with Gasteiger partial charge in [0, 0.05) is 12.6 Å². The van der Waals surface area contributed by atoms with Gasteiger partial charge < -0.3 is 19.5 Å². The molecule has 1 aliphatic heterocycles. The first-order valence-electron chi connectivity index (χ1n) is 10.2. The van der Waals surface area contributed by atoms with E-state index in [0.717, 1.165) is 0 Å². The third kappa shape index (κ3) is 4.91. The molecule has 2 aromatic carbocycles. The van der Waals surface area contributed by atoms with Crippen LogP contribution in [0.25, 0.3) is 0 Å². The van der Waals surface area contributed by atoms with Crippen LogP contribution in [-0.4, -0.2) is 50.1 Å². The van der Waals surface area contributed by atoms with E-state index in [-0.39, 0.29) is 25.0 Å². The fourth-order valence-corrected chi connectivity index (χ4v) is 3.37. The molecular formula is C24H26N2O6. The van der Waals surface area contributed by atoms with Crippen molar-refractivity contribution in [3.05, 3.63) is 70.9 Å². The molecule has 0 spiro atoms. The Morgan fingerprint density at radius 1 is 1.03 bits per heavy atom. The Labute approximate surface area is 186 Å². The Balaban J connectivity index is 1.97. The average molecular weight is 438 g/mol. The monoisotopic (exact) mass is 438 g/mol. The van der Waals surface area contributed by atoms with Crippen LogP contribution in [0.5, 0.6) is 11.5 Å². The molecule has 0 saturated heterocycles. The van der Waals surface area contributed by atoms with Gasteiger partial charge in [0.25, 0.3) is 0 Å². The molecule has 0 unspecified atom stereocenters. The lowest BCUT2D eigenvalue weighted by Crippen LogP contribution is -2.48. The molecule has 0 bridgehead atoms. The van der Waals surface area contributed by atoms with Crippen molar-refractivity contribution in [3.63, 3.8) is 0 Å². The van der Waals surface area contributed by atoms with Crippen molar-refractivity contribution in [2.24, 2.45) is 0 Å². The summed E-state index contributed by atoms with van der Waals surface area (Å²) in [5.41, 5.74) is 1.96. The maximum atomic E-state index is 12.9. The van der Waals surface area contributed by atoms with Crippen LogP contribution in [0.1, 0.15) is 35.8 Å².